The molecule has 2 unspecified atom stereocenters. The monoisotopic (exact) mass is 269 g/mol. The molecular formula is C14H23NO2S. The number of hydrogen-bond acceptors (Lipinski definition) is 3. The minimum atomic E-state index is -3.27. The molecule has 0 aromatic heterocycles. The summed E-state index contributed by atoms with van der Waals surface area (Å²) in [4.78, 5) is 0.453. The Morgan fingerprint density at radius 2 is 1.83 bits per heavy atom. The molecule has 18 heavy (non-hydrogen) atoms. The minimum Gasteiger partial charge on any atom is -0.313 e. The zero-order chi connectivity index (χ0) is 13.8. The van der Waals surface area contributed by atoms with Crippen LogP contribution in [0.1, 0.15) is 32.8 Å². The lowest BCUT2D eigenvalue weighted by molar-refractivity contribution is 0.483. The van der Waals surface area contributed by atoms with E-state index in [2.05, 4.69) is 5.32 Å². The van der Waals surface area contributed by atoms with E-state index in [1.54, 1.807) is 19.1 Å². The fraction of sp³-hybridized carbons (Fsp3) is 0.571. The number of aryl methyl sites for hydroxylation is 1. The van der Waals surface area contributed by atoms with E-state index in [4.69, 9.17) is 0 Å². The van der Waals surface area contributed by atoms with Crippen molar-refractivity contribution in [2.45, 2.75) is 50.3 Å². The highest BCUT2D eigenvalue weighted by Gasteiger charge is 2.30. The van der Waals surface area contributed by atoms with Crippen molar-refractivity contribution in [3.05, 3.63) is 29.8 Å². The van der Waals surface area contributed by atoms with E-state index < -0.39 is 15.1 Å². The molecule has 102 valence electrons. The van der Waals surface area contributed by atoms with Gasteiger partial charge in [-0.2, -0.15) is 0 Å². The van der Waals surface area contributed by atoms with Gasteiger partial charge in [0.15, 0.2) is 9.84 Å². The highest BCUT2D eigenvalue weighted by molar-refractivity contribution is 7.92. The third-order valence-electron chi connectivity index (χ3n) is 3.36. The molecule has 0 saturated heterocycles. The average molecular weight is 269 g/mol. The van der Waals surface area contributed by atoms with Crippen LogP contribution in [0.25, 0.3) is 0 Å². The van der Waals surface area contributed by atoms with Gasteiger partial charge in [0, 0.05) is 6.04 Å². The summed E-state index contributed by atoms with van der Waals surface area (Å²) in [6, 6.07) is 7.18. The Morgan fingerprint density at radius 1 is 1.22 bits per heavy atom. The zero-order valence-corrected chi connectivity index (χ0v) is 12.4. The summed E-state index contributed by atoms with van der Waals surface area (Å²) in [5.41, 5.74) is 0.815. The van der Waals surface area contributed by atoms with Gasteiger partial charge in [-0.05, 0) is 38.4 Å². The first-order valence-electron chi connectivity index (χ1n) is 6.48. The zero-order valence-electron chi connectivity index (χ0n) is 11.6. The molecule has 1 N–H and O–H groups in total. The summed E-state index contributed by atoms with van der Waals surface area (Å²) < 4.78 is 25.2. The third-order valence-corrected chi connectivity index (χ3v) is 5.74. The van der Waals surface area contributed by atoms with Crippen molar-refractivity contribution in [1.82, 2.24) is 5.32 Å². The molecule has 0 bridgehead atoms. The Balaban J connectivity index is 3.10. The molecule has 0 aliphatic rings. The molecule has 0 aliphatic carbocycles. The van der Waals surface area contributed by atoms with Crippen molar-refractivity contribution in [2.24, 2.45) is 0 Å². The first-order valence-corrected chi connectivity index (χ1v) is 8.02. The van der Waals surface area contributed by atoms with Crippen LogP contribution >= 0.6 is 0 Å². The van der Waals surface area contributed by atoms with Gasteiger partial charge in [0.25, 0.3) is 0 Å². The molecule has 0 radical (unpaired) electrons. The van der Waals surface area contributed by atoms with E-state index in [0.29, 0.717) is 4.90 Å². The Hall–Kier alpha value is -0.870. The van der Waals surface area contributed by atoms with E-state index in [1.165, 1.54) is 0 Å². The molecule has 0 amide bonds. The molecule has 4 heteroatoms. The fourth-order valence-electron chi connectivity index (χ4n) is 2.20. The molecule has 3 nitrogen and oxygen atoms in total. The van der Waals surface area contributed by atoms with Crippen LogP contribution < -0.4 is 5.32 Å². The quantitative estimate of drug-likeness (QED) is 0.863. The van der Waals surface area contributed by atoms with E-state index in [0.717, 1.165) is 18.5 Å². The predicted molar refractivity (Wildman–Crippen MR) is 75.6 cm³/mol. The number of hydrogen-bond donors (Lipinski definition) is 1. The van der Waals surface area contributed by atoms with E-state index in [-0.39, 0.29) is 6.04 Å². The van der Waals surface area contributed by atoms with Crippen LogP contribution in [-0.2, 0) is 9.84 Å². The van der Waals surface area contributed by atoms with Crippen LogP contribution in [0.15, 0.2) is 29.2 Å². The second kappa shape index (κ2) is 6.34. The van der Waals surface area contributed by atoms with Gasteiger partial charge in [0.2, 0.25) is 0 Å². The molecule has 0 fully saturated rings. The Kier molecular flexibility index (Phi) is 5.35. The maximum absolute atomic E-state index is 12.6. The Bertz CT molecular complexity index is 482. The van der Waals surface area contributed by atoms with Gasteiger partial charge in [-0.25, -0.2) is 8.42 Å². The van der Waals surface area contributed by atoms with Crippen LogP contribution in [0.3, 0.4) is 0 Å². The highest BCUT2D eigenvalue weighted by atomic mass is 32.2. The van der Waals surface area contributed by atoms with E-state index in [1.807, 2.05) is 32.9 Å². The summed E-state index contributed by atoms with van der Waals surface area (Å²) in [5, 5.41) is 2.83. The van der Waals surface area contributed by atoms with Crippen molar-refractivity contribution in [3.8, 4) is 0 Å². The summed E-state index contributed by atoms with van der Waals surface area (Å²) in [6.45, 7) is 8.42. The van der Waals surface area contributed by atoms with Gasteiger partial charge in [-0.15, -0.1) is 0 Å². The molecule has 1 aromatic rings. The molecule has 2 atom stereocenters. The lowest BCUT2D eigenvalue weighted by Gasteiger charge is -2.24. The van der Waals surface area contributed by atoms with Gasteiger partial charge in [-0.1, -0.05) is 32.0 Å². The van der Waals surface area contributed by atoms with Gasteiger partial charge >= 0.3 is 0 Å². The van der Waals surface area contributed by atoms with Crippen molar-refractivity contribution in [2.75, 3.05) is 6.54 Å². The van der Waals surface area contributed by atoms with Crippen LogP contribution in [0.5, 0.6) is 0 Å². The normalized spacial score (nSPS) is 15.3. The molecule has 0 heterocycles. The second-order valence-electron chi connectivity index (χ2n) is 4.59. The van der Waals surface area contributed by atoms with Crippen molar-refractivity contribution < 1.29 is 8.42 Å². The Labute approximate surface area is 111 Å². The number of nitrogens with one attached hydrogen (secondary N) is 1. The van der Waals surface area contributed by atoms with Crippen LogP contribution in [-0.4, -0.2) is 26.3 Å². The molecule has 0 saturated carbocycles. The van der Waals surface area contributed by atoms with Crippen LogP contribution in [0, 0.1) is 6.92 Å². The maximum Gasteiger partial charge on any atom is 0.182 e. The smallest absolute Gasteiger partial charge is 0.182 e. The first kappa shape index (κ1) is 15.2. The summed E-state index contributed by atoms with van der Waals surface area (Å²) in [7, 11) is -3.27. The highest BCUT2D eigenvalue weighted by Crippen LogP contribution is 2.22. The van der Waals surface area contributed by atoms with Crippen LogP contribution in [0.4, 0.5) is 0 Å². The number of sulfone groups is 1. The average Bonchev–Trinajstić information content (AvgIpc) is 2.35. The lowest BCUT2D eigenvalue weighted by Crippen LogP contribution is -2.42. The summed E-state index contributed by atoms with van der Waals surface area (Å²) in [6.07, 6.45) is 0.806. The number of benzene rings is 1. The standard InChI is InChI=1S/C14H23NO2S/c1-5-13(15-6-2)12(4)18(16,17)14-10-8-7-9-11(14)3/h7-10,12-13,15H,5-6H2,1-4H3. The Morgan fingerprint density at radius 3 is 2.33 bits per heavy atom. The van der Waals surface area contributed by atoms with E-state index >= 15 is 0 Å². The van der Waals surface area contributed by atoms with Crippen molar-refractivity contribution in [3.63, 3.8) is 0 Å². The van der Waals surface area contributed by atoms with Crippen LogP contribution in [0.2, 0.25) is 0 Å². The SMILES string of the molecule is CCNC(CC)C(C)S(=O)(=O)c1ccccc1C. The lowest BCUT2D eigenvalue weighted by atomic mass is 10.1. The second-order valence-corrected chi connectivity index (χ2v) is 6.86. The molecule has 0 spiro atoms. The van der Waals surface area contributed by atoms with Gasteiger partial charge < -0.3 is 5.32 Å². The molecule has 1 aromatic carbocycles. The van der Waals surface area contributed by atoms with Gasteiger partial charge in [-0.3, -0.25) is 0 Å². The maximum atomic E-state index is 12.6. The third kappa shape index (κ3) is 3.12. The first-order chi connectivity index (χ1) is 8.45. The van der Waals surface area contributed by atoms with E-state index in [9.17, 15) is 8.42 Å². The molecular weight excluding hydrogens is 246 g/mol. The number of rotatable bonds is 6. The molecule has 0 aliphatic heterocycles. The van der Waals surface area contributed by atoms with Gasteiger partial charge in [0.1, 0.15) is 0 Å². The topological polar surface area (TPSA) is 46.2 Å². The summed E-state index contributed by atoms with van der Waals surface area (Å²) >= 11 is 0. The summed E-state index contributed by atoms with van der Waals surface area (Å²) in [5.74, 6) is 0. The van der Waals surface area contributed by atoms with Crippen molar-refractivity contribution >= 4 is 9.84 Å². The van der Waals surface area contributed by atoms with Gasteiger partial charge in [0.05, 0.1) is 10.1 Å². The fourth-order valence-corrected chi connectivity index (χ4v) is 4.10. The van der Waals surface area contributed by atoms with Crippen molar-refractivity contribution in [1.29, 1.82) is 0 Å². The largest absolute Gasteiger partial charge is 0.313 e. The molecule has 1 rings (SSSR count). The predicted octanol–water partition coefficient (Wildman–Crippen LogP) is 2.55. The minimum absolute atomic E-state index is 0.000365.